The van der Waals surface area contributed by atoms with Crippen molar-refractivity contribution in [2.75, 3.05) is 18.2 Å². The molecule has 1 heterocycles. The number of hydrogen-bond acceptors (Lipinski definition) is 7. The van der Waals surface area contributed by atoms with Crippen molar-refractivity contribution in [2.24, 2.45) is 5.92 Å². The van der Waals surface area contributed by atoms with Crippen molar-refractivity contribution in [1.29, 1.82) is 5.26 Å². The van der Waals surface area contributed by atoms with Gasteiger partial charge in [-0.1, -0.05) is 19.1 Å². The Hall–Kier alpha value is -2.29. The van der Waals surface area contributed by atoms with Gasteiger partial charge in [-0.2, -0.15) is 5.26 Å². The summed E-state index contributed by atoms with van der Waals surface area (Å²) in [6, 6.07) is 7.02. The van der Waals surface area contributed by atoms with Crippen molar-refractivity contribution < 1.29 is 18.0 Å². The van der Waals surface area contributed by atoms with E-state index in [9.17, 15) is 18.0 Å². The van der Waals surface area contributed by atoms with Crippen LogP contribution < -0.4 is 15.4 Å². The SMILES string of the molecule is CC1CCC(NC(=O)NS(=O)(=O)c2ccc(C(C)NCC(=O)N3CSC[C@H]3C#N)cc2)CC1. The van der Waals surface area contributed by atoms with Crippen molar-refractivity contribution in [2.45, 2.75) is 62.6 Å². The number of urea groups is 1. The molecule has 0 radical (unpaired) electrons. The molecule has 1 aliphatic carbocycles. The second-order valence-corrected chi connectivity index (χ2v) is 11.4. The Morgan fingerprint density at radius 1 is 1.21 bits per heavy atom. The number of hydrogen-bond donors (Lipinski definition) is 3. The first-order valence-corrected chi connectivity index (χ1v) is 13.8. The van der Waals surface area contributed by atoms with Gasteiger partial charge in [0.25, 0.3) is 10.0 Å². The van der Waals surface area contributed by atoms with E-state index in [2.05, 4.69) is 28.3 Å². The topological polar surface area (TPSA) is 131 Å². The molecule has 3 N–H and O–H groups in total. The summed E-state index contributed by atoms with van der Waals surface area (Å²) in [5, 5.41) is 15.0. The van der Waals surface area contributed by atoms with E-state index in [1.54, 1.807) is 28.8 Å². The standard InChI is InChI=1S/C22H31N5O4S2/c1-15-3-7-18(8-4-15)25-22(29)26-33(30,31)20-9-5-17(6-10-20)16(2)24-12-21(28)27-14-32-13-19(27)11-23/h5-6,9-10,15-16,18-19,24H,3-4,7-8,12-14H2,1-2H3,(H2,25,26,29)/t15?,16?,18?,19-/m1/s1. The molecule has 9 nitrogen and oxygen atoms in total. The first-order valence-electron chi connectivity index (χ1n) is 11.1. The molecule has 0 bridgehead atoms. The van der Waals surface area contributed by atoms with Crippen molar-refractivity contribution in [1.82, 2.24) is 20.3 Å². The van der Waals surface area contributed by atoms with Gasteiger partial charge in [0.1, 0.15) is 6.04 Å². The van der Waals surface area contributed by atoms with Crippen LogP contribution in [0.1, 0.15) is 51.1 Å². The minimum atomic E-state index is -3.99. The Kier molecular flexibility index (Phi) is 8.62. The summed E-state index contributed by atoms with van der Waals surface area (Å²) in [6.45, 7) is 4.13. The van der Waals surface area contributed by atoms with Gasteiger partial charge in [-0.25, -0.2) is 17.9 Å². The van der Waals surface area contributed by atoms with E-state index < -0.39 is 22.1 Å². The summed E-state index contributed by atoms with van der Waals surface area (Å²) >= 11 is 1.55. The third kappa shape index (κ3) is 6.85. The highest BCUT2D eigenvalue weighted by Gasteiger charge is 2.29. The predicted octanol–water partition coefficient (Wildman–Crippen LogP) is 2.33. The normalized spacial score (nSPS) is 24.0. The van der Waals surface area contributed by atoms with Gasteiger partial charge in [-0.05, 0) is 56.2 Å². The van der Waals surface area contributed by atoms with Gasteiger partial charge in [-0.15, -0.1) is 11.8 Å². The minimum absolute atomic E-state index is 0.00370. The van der Waals surface area contributed by atoms with Crippen LogP contribution in [0.4, 0.5) is 4.79 Å². The molecule has 1 saturated carbocycles. The summed E-state index contributed by atoms with van der Waals surface area (Å²) in [4.78, 5) is 26.1. The quantitative estimate of drug-likeness (QED) is 0.531. The van der Waals surface area contributed by atoms with Gasteiger partial charge in [0.05, 0.1) is 23.4 Å². The molecule has 1 unspecified atom stereocenters. The van der Waals surface area contributed by atoms with Crippen LogP contribution in [0.3, 0.4) is 0 Å². The number of sulfonamides is 1. The molecule has 1 aromatic carbocycles. The van der Waals surface area contributed by atoms with Gasteiger partial charge >= 0.3 is 6.03 Å². The molecule has 3 rings (SSSR count). The second kappa shape index (κ2) is 11.2. The van der Waals surface area contributed by atoms with Gasteiger partial charge in [0, 0.05) is 17.8 Å². The van der Waals surface area contributed by atoms with Crippen molar-refractivity contribution >= 4 is 33.7 Å². The molecule has 2 fully saturated rings. The maximum atomic E-state index is 12.6. The second-order valence-electron chi connectivity index (χ2n) is 8.72. The van der Waals surface area contributed by atoms with Crippen molar-refractivity contribution in [3.05, 3.63) is 29.8 Å². The highest BCUT2D eigenvalue weighted by atomic mass is 32.2. The highest BCUT2D eigenvalue weighted by molar-refractivity contribution is 7.99. The number of nitrogens with zero attached hydrogens (tertiary/aromatic N) is 2. The van der Waals surface area contributed by atoms with E-state index in [-0.39, 0.29) is 29.4 Å². The molecule has 33 heavy (non-hydrogen) atoms. The third-order valence-corrected chi connectivity index (χ3v) is 8.54. The fourth-order valence-corrected chi connectivity index (χ4v) is 6.01. The summed E-state index contributed by atoms with van der Waals surface area (Å²) in [7, 11) is -3.99. The lowest BCUT2D eigenvalue weighted by atomic mass is 9.87. The highest BCUT2D eigenvalue weighted by Crippen LogP contribution is 2.23. The number of thioether (sulfide) groups is 1. The summed E-state index contributed by atoms with van der Waals surface area (Å²) in [6.07, 6.45) is 3.74. The van der Waals surface area contributed by atoms with Gasteiger partial charge in [0.2, 0.25) is 5.91 Å². The van der Waals surface area contributed by atoms with E-state index in [1.807, 2.05) is 6.92 Å². The molecule has 3 amide bonds. The van der Waals surface area contributed by atoms with Crippen molar-refractivity contribution in [3.8, 4) is 6.07 Å². The first-order chi connectivity index (χ1) is 15.7. The number of nitriles is 1. The Bertz CT molecular complexity index is 985. The summed E-state index contributed by atoms with van der Waals surface area (Å²) < 4.78 is 27.2. The number of amides is 3. The average Bonchev–Trinajstić information content (AvgIpc) is 3.27. The molecule has 1 aliphatic heterocycles. The zero-order valence-electron chi connectivity index (χ0n) is 18.9. The molecule has 11 heteroatoms. The number of nitrogens with one attached hydrogen (secondary N) is 3. The monoisotopic (exact) mass is 493 g/mol. The Balaban J connectivity index is 1.51. The number of benzene rings is 1. The van der Waals surface area contributed by atoms with Crippen LogP contribution >= 0.6 is 11.8 Å². The first kappa shape index (κ1) is 25.3. The Morgan fingerprint density at radius 2 is 1.88 bits per heavy atom. The lowest BCUT2D eigenvalue weighted by Crippen LogP contribution is -2.45. The van der Waals surface area contributed by atoms with Crippen LogP contribution in [0, 0.1) is 17.2 Å². The zero-order valence-corrected chi connectivity index (χ0v) is 20.5. The molecule has 0 aromatic heterocycles. The fourth-order valence-electron chi connectivity index (χ4n) is 3.99. The van der Waals surface area contributed by atoms with Crippen LogP contribution in [-0.2, 0) is 14.8 Å². The van der Waals surface area contributed by atoms with E-state index in [4.69, 9.17) is 5.26 Å². The summed E-state index contributed by atoms with van der Waals surface area (Å²) in [5.74, 6) is 1.64. The van der Waals surface area contributed by atoms with Crippen LogP contribution in [0.5, 0.6) is 0 Å². The van der Waals surface area contributed by atoms with Crippen LogP contribution in [-0.4, -0.2) is 55.5 Å². The Morgan fingerprint density at radius 3 is 2.52 bits per heavy atom. The predicted molar refractivity (Wildman–Crippen MR) is 127 cm³/mol. The van der Waals surface area contributed by atoms with E-state index in [0.29, 0.717) is 17.5 Å². The van der Waals surface area contributed by atoms with Crippen LogP contribution in [0.2, 0.25) is 0 Å². The molecule has 1 saturated heterocycles. The lowest BCUT2D eigenvalue weighted by molar-refractivity contribution is -0.129. The van der Waals surface area contributed by atoms with Crippen LogP contribution in [0.15, 0.2) is 29.2 Å². The number of rotatable bonds is 7. The molecule has 1 aromatic rings. The Labute approximate surface area is 199 Å². The zero-order chi connectivity index (χ0) is 24.0. The third-order valence-electron chi connectivity index (χ3n) is 6.18. The molecular weight excluding hydrogens is 462 g/mol. The number of carbonyl (C=O) groups excluding carboxylic acids is 2. The molecule has 2 aliphatic rings. The molecule has 0 spiro atoms. The molecular formula is C22H31N5O4S2. The lowest BCUT2D eigenvalue weighted by Gasteiger charge is -2.26. The molecule has 2 atom stereocenters. The minimum Gasteiger partial charge on any atom is -0.335 e. The fraction of sp³-hybridized carbons (Fsp3) is 0.591. The van der Waals surface area contributed by atoms with Gasteiger partial charge in [0.15, 0.2) is 0 Å². The van der Waals surface area contributed by atoms with Crippen molar-refractivity contribution in [3.63, 3.8) is 0 Å². The van der Waals surface area contributed by atoms with Crippen LogP contribution in [0.25, 0.3) is 0 Å². The average molecular weight is 494 g/mol. The number of carbonyl (C=O) groups is 2. The maximum Gasteiger partial charge on any atom is 0.328 e. The van der Waals surface area contributed by atoms with E-state index >= 15 is 0 Å². The maximum absolute atomic E-state index is 12.6. The molecule has 180 valence electrons. The van der Waals surface area contributed by atoms with E-state index in [1.165, 1.54) is 12.1 Å². The summed E-state index contributed by atoms with van der Waals surface area (Å²) in [5.41, 5.74) is 0.801. The van der Waals surface area contributed by atoms with Gasteiger partial charge in [-0.3, -0.25) is 4.79 Å². The van der Waals surface area contributed by atoms with Gasteiger partial charge < -0.3 is 15.5 Å². The van der Waals surface area contributed by atoms with E-state index in [0.717, 1.165) is 31.2 Å². The largest absolute Gasteiger partial charge is 0.335 e. The smallest absolute Gasteiger partial charge is 0.328 e.